The molecule has 0 heterocycles. The van der Waals surface area contributed by atoms with Crippen LogP contribution in [0.25, 0.3) is 0 Å². The number of amides is 1. The molecule has 0 spiro atoms. The lowest BCUT2D eigenvalue weighted by molar-refractivity contribution is -0.116. The van der Waals surface area contributed by atoms with E-state index < -0.39 is 12.7 Å². The fraction of sp³-hybridized carbons (Fsp3) is 0.316. The first-order valence-electron chi connectivity index (χ1n) is 8.36. The summed E-state index contributed by atoms with van der Waals surface area (Å²) in [6, 6.07) is 10.9. The van der Waals surface area contributed by atoms with Crippen LogP contribution in [0.2, 0.25) is 0 Å². The fourth-order valence-electron chi connectivity index (χ4n) is 2.36. The molecule has 146 valence electrons. The minimum absolute atomic E-state index is 0.119. The molecule has 1 amide bonds. The lowest BCUT2D eigenvalue weighted by Gasteiger charge is -2.18. The quantitative estimate of drug-likeness (QED) is 0.685. The van der Waals surface area contributed by atoms with E-state index in [9.17, 15) is 13.6 Å². The van der Waals surface area contributed by atoms with Crippen molar-refractivity contribution in [1.82, 2.24) is 0 Å². The van der Waals surface area contributed by atoms with Crippen molar-refractivity contribution in [2.75, 3.05) is 24.4 Å². The number of alkyl halides is 2. The molecule has 27 heavy (non-hydrogen) atoms. The molecule has 2 N–H and O–H groups in total. The molecule has 0 fully saturated rings. The van der Waals surface area contributed by atoms with Gasteiger partial charge in [-0.15, -0.1) is 0 Å². The minimum Gasteiger partial charge on any atom is -0.493 e. The first-order valence-corrected chi connectivity index (χ1v) is 8.36. The van der Waals surface area contributed by atoms with Gasteiger partial charge in [0.25, 0.3) is 0 Å². The molecule has 0 saturated carbocycles. The second-order valence-electron chi connectivity index (χ2n) is 5.53. The summed E-state index contributed by atoms with van der Waals surface area (Å²) in [6.45, 7) is 0.992. The van der Waals surface area contributed by atoms with Crippen molar-refractivity contribution in [3.8, 4) is 17.2 Å². The highest BCUT2D eigenvalue weighted by atomic mass is 19.3. The third-order valence-electron chi connectivity index (χ3n) is 3.60. The van der Waals surface area contributed by atoms with Crippen LogP contribution >= 0.6 is 0 Å². The standard InChI is InChI=1S/C19H22F2N2O4/c1-4-26-15-8-6-5-7-14(15)23-18(24)12(2)22-13-9-10-16(25-3)17(11-13)27-19(20)21/h5-12,19,22H,4H2,1-3H3,(H,23,24). The molecule has 0 aromatic heterocycles. The summed E-state index contributed by atoms with van der Waals surface area (Å²) >= 11 is 0. The second kappa shape index (κ2) is 9.61. The van der Waals surface area contributed by atoms with Crippen molar-refractivity contribution < 1.29 is 27.8 Å². The second-order valence-corrected chi connectivity index (χ2v) is 5.53. The molecule has 1 unspecified atom stereocenters. The van der Waals surface area contributed by atoms with E-state index in [2.05, 4.69) is 15.4 Å². The van der Waals surface area contributed by atoms with Gasteiger partial charge in [0, 0.05) is 11.8 Å². The van der Waals surface area contributed by atoms with Crippen LogP contribution in [0.3, 0.4) is 0 Å². The summed E-state index contributed by atoms with van der Waals surface area (Å²) in [6.07, 6.45) is 0. The predicted molar refractivity (Wildman–Crippen MR) is 99.0 cm³/mol. The Balaban J connectivity index is 2.08. The molecular weight excluding hydrogens is 358 g/mol. The molecule has 8 heteroatoms. The Morgan fingerprint density at radius 2 is 1.85 bits per heavy atom. The van der Waals surface area contributed by atoms with E-state index in [1.54, 1.807) is 31.2 Å². The van der Waals surface area contributed by atoms with E-state index in [1.807, 2.05) is 13.0 Å². The molecule has 2 aromatic rings. The zero-order valence-corrected chi connectivity index (χ0v) is 15.3. The number of methoxy groups -OCH3 is 1. The van der Waals surface area contributed by atoms with E-state index >= 15 is 0 Å². The number of nitrogens with one attached hydrogen (secondary N) is 2. The Morgan fingerprint density at radius 1 is 1.11 bits per heavy atom. The van der Waals surface area contributed by atoms with Crippen molar-refractivity contribution in [1.29, 1.82) is 0 Å². The number of hydrogen-bond acceptors (Lipinski definition) is 5. The third-order valence-corrected chi connectivity index (χ3v) is 3.60. The van der Waals surface area contributed by atoms with Crippen LogP contribution in [-0.4, -0.2) is 32.3 Å². The van der Waals surface area contributed by atoms with Crippen LogP contribution in [0.5, 0.6) is 17.2 Å². The topological polar surface area (TPSA) is 68.8 Å². The zero-order chi connectivity index (χ0) is 19.8. The van der Waals surface area contributed by atoms with Crippen LogP contribution in [-0.2, 0) is 4.79 Å². The van der Waals surface area contributed by atoms with Crippen molar-refractivity contribution in [2.24, 2.45) is 0 Å². The normalized spacial score (nSPS) is 11.6. The fourth-order valence-corrected chi connectivity index (χ4v) is 2.36. The highest BCUT2D eigenvalue weighted by Crippen LogP contribution is 2.32. The van der Waals surface area contributed by atoms with Crippen molar-refractivity contribution in [3.05, 3.63) is 42.5 Å². The number of benzene rings is 2. The Hall–Kier alpha value is -3.03. The Bertz CT molecular complexity index is 771. The van der Waals surface area contributed by atoms with Gasteiger partial charge in [0.2, 0.25) is 5.91 Å². The van der Waals surface area contributed by atoms with Gasteiger partial charge in [-0.1, -0.05) is 12.1 Å². The molecular formula is C19H22F2N2O4. The number of halogens is 2. The molecule has 2 rings (SSSR count). The molecule has 2 aromatic carbocycles. The first kappa shape index (κ1) is 20.3. The van der Waals surface area contributed by atoms with Crippen LogP contribution in [0.1, 0.15) is 13.8 Å². The van der Waals surface area contributed by atoms with Gasteiger partial charge < -0.3 is 24.8 Å². The summed E-state index contributed by atoms with van der Waals surface area (Å²) < 4.78 is 40.0. The van der Waals surface area contributed by atoms with Gasteiger partial charge in [-0.25, -0.2) is 0 Å². The van der Waals surface area contributed by atoms with Gasteiger partial charge in [0.1, 0.15) is 11.8 Å². The maximum absolute atomic E-state index is 12.5. The summed E-state index contributed by atoms with van der Waals surface area (Å²) in [5, 5.41) is 5.73. The highest BCUT2D eigenvalue weighted by molar-refractivity contribution is 5.97. The number of rotatable bonds is 9. The summed E-state index contributed by atoms with van der Waals surface area (Å²) in [4.78, 5) is 12.5. The van der Waals surface area contributed by atoms with E-state index in [-0.39, 0.29) is 17.4 Å². The van der Waals surface area contributed by atoms with Crippen LogP contribution in [0, 0.1) is 0 Å². The first-order chi connectivity index (χ1) is 12.9. The van der Waals surface area contributed by atoms with Crippen molar-refractivity contribution in [3.63, 3.8) is 0 Å². The number of para-hydroxylation sites is 2. The largest absolute Gasteiger partial charge is 0.493 e. The Labute approximate surface area is 156 Å². The number of carbonyl (C=O) groups excluding carboxylic acids is 1. The van der Waals surface area contributed by atoms with Gasteiger partial charge in [-0.05, 0) is 38.1 Å². The van der Waals surface area contributed by atoms with Crippen LogP contribution in [0.15, 0.2) is 42.5 Å². The summed E-state index contributed by atoms with van der Waals surface area (Å²) in [5.41, 5.74) is 0.988. The lowest BCUT2D eigenvalue weighted by Crippen LogP contribution is -2.32. The SMILES string of the molecule is CCOc1ccccc1NC(=O)C(C)Nc1ccc(OC)c(OC(F)F)c1. The third kappa shape index (κ3) is 5.73. The molecule has 0 radical (unpaired) electrons. The van der Waals surface area contributed by atoms with Crippen LogP contribution < -0.4 is 24.8 Å². The number of carbonyl (C=O) groups is 1. The van der Waals surface area contributed by atoms with E-state index in [4.69, 9.17) is 9.47 Å². The molecule has 0 aliphatic carbocycles. The molecule has 0 aliphatic rings. The van der Waals surface area contributed by atoms with Crippen LogP contribution in [0.4, 0.5) is 20.2 Å². The van der Waals surface area contributed by atoms with Gasteiger partial charge in [0.05, 0.1) is 19.4 Å². The molecule has 0 bridgehead atoms. The van der Waals surface area contributed by atoms with E-state index in [0.29, 0.717) is 23.7 Å². The van der Waals surface area contributed by atoms with Gasteiger partial charge in [-0.2, -0.15) is 8.78 Å². The summed E-state index contributed by atoms with van der Waals surface area (Å²) in [5.74, 6) is 0.308. The highest BCUT2D eigenvalue weighted by Gasteiger charge is 2.17. The smallest absolute Gasteiger partial charge is 0.387 e. The maximum atomic E-state index is 12.5. The van der Waals surface area contributed by atoms with E-state index in [0.717, 1.165) is 0 Å². The van der Waals surface area contributed by atoms with E-state index in [1.165, 1.54) is 19.2 Å². The summed E-state index contributed by atoms with van der Waals surface area (Å²) in [7, 11) is 1.35. The van der Waals surface area contributed by atoms with Crippen molar-refractivity contribution in [2.45, 2.75) is 26.5 Å². The molecule has 6 nitrogen and oxygen atoms in total. The minimum atomic E-state index is -2.98. The number of hydrogen-bond donors (Lipinski definition) is 2. The maximum Gasteiger partial charge on any atom is 0.387 e. The molecule has 0 saturated heterocycles. The predicted octanol–water partition coefficient (Wildman–Crippen LogP) is 4.13. The monoisotopic (exact) mass is 380 g/mol. The van der Waals surface area contributed by atoms with Gasteiger partial charge in [0.15, 0.2) is 11.5 Å². The Morgan fingerprint density at radius 3 is 2.52 bits per heavy atom. The zero-order valence-electron chi connectivity index (χ0n) is 15.3. The molecule has 1 atom stereocenters. The average Bonchev–Trinajstić information content (AvgIpc) is 2.63. The van der Waals surface area contributed by atoms with Gasteiger partial charge >= 0.3 is 6.61 Å². The van der Waals surface area contributed by atoms with Crippen molar-refractivity contribution >= 4 is 17.3 Å². The Kier molecular flexibility index (Phi) is 7.22. The van der Waals surface area contributed by atoms with Gasteiger partial charge in [-0.3, -0.25) is 4.79 Å². The average molecular weight is 380 g/mol. The number of anilines is 2. The lowest BCUT2D eigenvalue weighted by atomic mass is 10.2. The molecule has 0 aliphatic heterocycles. The number of ether oxygens (including phenoxy) is 3.